The van der Waals surface area contributed by atoms with Crippen molar-refractivity contribution in [2.24, 2.45) is 0 Å². The molecule has 2 nitrogen and oxygen atoms in total. The lowest BCUT2D eigenvalue weighted by Crippen LogP contribution is -2.28. The summed E-state index contributed by atoms with van der Waals surface area (Å²) in [7, 11) is 0. The minimum absolute atomic E-state index is 0.492. The molecule has 2 aromatic heterocycles. The average molecular weight is 953 g/mol. The van der Waals surface area contributed by atoms with E-state index in [1.807, 2.05) is 0 Å². The Kier molecular flexibility index (Phi) is 9.83. The number of para-hydroxylation sites is 2. The summed E-state index contributed by atoms with van der Waals surface area (Å²) in [6.45, 7) is 0. The quantitative estimate of drug-likeness (QED) is 0.144. The highest BCUT2D eigenvalue weighted by Crippen LogP contribution is 2.57. The predicted octanol–water partition coefficient (Wildman–Crippen LogP) is 18.9. The lowest BCUT2D eigenvalue weighted by atomic mass is 9.67. The highest BCUT2D eigenvalue weighted by molar-refractivity contribution is 6.14. The Hall–Kier alpha value is -9.76. The number of aromatic nitrogens is 2. The predicted molar refractivity (Wildman–Crippen MR) is 314 cm³/mol. The molecule has 1 aliphatic rings. The van der Waals surface area contributed by atoms with E-state index in [2.05, 4.69) is 300 Å². The molecule has 0 bridgehead atoms. The Morgan fingerprint density at radius 2 is 0.680 bits per heavy atom. The SMILES string of the molecule is c1ccc(-c2ccc3c(c2)c2cc(-c4ccccc4)ccc2n3-c2ccc3c(c2)c2ccccc2n3-c2ccccc2-c2ccccc2-c2ccc3c(c2)C(c2ccccc2)(c2ccccc2)c2ccccc2-3)cc1. The molecule has 1 aliphatic carbocycles. The minimum Gasteiger partial charge on any atom is -0.309 e. The van der Waals surface area contributed by atoms with E-state index >= 15 is 0 Å². The summed E-state index contributed by atoms with van der Waals surface area (Å²) >= 11 is 0. The van der Waals surface area contributed by atoms with E-state index in [1.165, 1.54) is 116 Å². The molecule has 0 aliphatic heterocycles. The molecular weight excluding hydrogens is 905 g/mol. The van der Waals surface area contributed by atoms with Crippen LogP contribution in [0, 0.1) is 0 Å². The summed E-state index contributed by atoms with van der Waals surface area (Å²) in [4.78, 5) is 0. The van der Waals surface area contributed by atoms with E-state index < -0.39 is 5.41 Å². The van der Waals surface area contributed by atoms with Gasteiger partial charge in [0.05, 0.1) is 33.2 Å². The fourth-order valence-electron chi connectivity index (χ4n) is 12.8. The van der Waals surface area contributed by atoms with Crippen LogP contribution in [0.1, 0.15) is 22.3 Å². The van der Waals surface area contributed by atoms with Crippen LogP contribution in [0.4, 0.5) is 0 Å². The molecule has 0 saturated carbocycles. The molecule has 0 amide bonds. The topological polar surface area (TPSA) is 9.86 Å². The number of fused-ring (bicyclic) bond motifs is 9. The molecule has 0 spiro atoms. The number of nitrogens with zero attached hydrogens (tertiary/aromatic N) is 2. The monoisotopic (exact) mass is 952 g/mol. The molecule has 2 heterocycles. The van der Waals surface area contributed by atoms with Crippen molar-refractivity contribution in [2.75, 3.05) is 0 Å². The maximum absolute atomic E-state index is 2.49. The first-order valence-electron chi connectivity index (χ1n) is 26.0. The van der Waals surface area contributed by atoms with Gasteiger partial charge in [0.2, 0.25) is 0 Å². The van der Waals surface area contributed by atoms with Crippen molar-refractivity contribution in [3.8, 4) is 67.0 Å². The number of benzene rings is 12. The molecule has 15 rings (SSSR count). The van der Waals surface area contributed by atoms with Crippen molar-refractivity contribution in [1.29, 1.82) is 0 Å². The second kappa shape index (κ2) is 17.2. The molecule has 0 saturated heterocycles. The molecule has 0 atom stereocenters. The number of rotatable bonds is 8. The standard InChI is InChI=1S/C73H48N2/c1-5-21-49(22-6-1)51-38-42-70-63(45-51)64-46-52(50-23-7-2-8-24-50)39-43-71(64)74(70)56-40-44-72-65(48-56)62-33-17-20-36-69(62)75(72)68-35-19-16-32-61(68)58-30-14-13-29-57(58)53-37-41-60-59-31-15-18-34-66(59)73(67(60)47-53,54-25-9-3-10-26-54)55-27-11-4-12-28-55/h1-48H. The lowest BCUT2D eigenvalue weighted by Gasteiger charge is -2.34. The van der Waals surface area contributed by atoms with Crippen LogP contribution in [-0.4, -0.2) is 9.13 Å². The van der Waals surface area contributed by atoms with Crippen LogP contribution in [0.5, 0.6) is 0 Å². The fraction of sp³-hybridized carbons (Fsp3) is 0.0137. The third-order valence-corrected chi connectivity index (χ3v) is 16.0. The molecule has 0 unspecified atom stereocenters. The van der Waals surface area contributed by atoms with Gasteiger partial charge in [-0.05, 0) is 133 Å². The smallest absolute Gasteiger partial charge is 0.0713 e. The van der Waals surface area contributed by atoms with Gasteiger partial charge in [-0.2, -0.15) is 0 Å². The van der Waals surface area contributed by atoms with Crippen molar-refractivity contribution < 1.29 is 0 Å². The van der Waals surface area contributed by atoms with Crippen molar-refractivity contribution >= 4 is 43.6 Å². The molecule has 0 fully saturated rings. The normalized spacial score (nSPS) is 12.6. The van der Waals surface area contributed by atoms with Crippen LogP contribution < -0.4 is 0 Å². The third kappa shape index (κ3) is 6.60. The van der Waals surface area contributed by atoms with Gasteiger partial charge >= 0.3 is 0 Å². The zero-order chi connectivity index (χ0) is 49.5. The van der Waals surface area contributed by atoms with Gasteiger partial charge < -0.3 is 9.13 Å². The Labute approximate surface area is 436 Å². The summed E-state index contributed by atoms with van der Waals surface area (Å²) in [5, 5.41) is 4.89. The van der Waals surface area contributed by atoms with E-state index in [0.717, 1.165) is 16.9 Å². The van der Waals surface area contributed by atoms with Crippen molar-refractivity contribution in [3.63, 3.8) is 0 Å². The summed E-state index contributed by atoms with van der Waals surface area (Å²) in [6.07, 6.45) is 0. The second-order valence-corrected chi connectivity index (χ2v) is 19.9. The molecular formula is C73H48N2. The highest BCUT2D eigenvalue weighted by Gasteiger charge is 2.46. The molecule has 0 radical (unpaired) electrons. The lowest BCUT2D eigenvalue weighted by molar-refractivity contribution is 0.769. The van der Waals surface area contributed by atoms with Crippen LogP contribution in [0.25, 0.3) is 111 Å². The summed E-state index contributed by atoms with van der Waals surface area (Å²) in [5.41, 5.74) is 23.8. The zero-order valence-electron chi connectivity index (χ0n) is 41.1. The summed E-state index contributed by atoms with van der Waals surface area (Å²) in [6, 6.07) is 108. The fourth-order valence-corrected chi connectivity index (χ4v) is 12.8. The first-order chi connectivity index (χ1) is 37.2. The van der Waals surface area contributed by atoms with Crippen molar-refractivity contribution in [2.45, 2.75) is 5.41 Å². The van der Waals surface area contributed by atoms with Gasteiger partial charge in [0.15, 0.2) is 0 Å². The van der Waals surface area contributed by atoms with Crippen molar-refractivity contribution in [3.05, 3.63) is 313 Å². The zero-order valence-corrected chi connectivity index (χ0v) is 41.1. The minimum atomic E-state index is -0.492. The highest BCUT2D eigenvalue weighted by atomic mass is 15.0. The first kappa shape index (κ1) is 42.9. The van der Waals surface area contributed by atoms with Crippen LogP contribution in [0.3, 0.4) is 0 Å². The van der Waals surface area contributed by atoms with Crippen LogP contribution >= 0.6 is 0 Å². The second-order valence-electron chi connectivity index (χ2n) is 19.9. The summed E-state index contributed by atoms with van der Waals surface area (Å²) < 4.78 is 4.95. The van der Waals surface area contributed by atoms with Gasteiger partial charge in [-0.25, -0.2) is 0 Å². The summed E-state index contributed by atoms with van der Waals surface area (Å²) in [5.74, 6) is 0. The Bertz CT molecular complexity index is 4370. The average Bonchev–Trinajstić information content (AvgIpc) is 4.22. The Morgan fingerprint density at radius 1 is 0.227 bits per heavy atom. The maximum atomic E-state index is 2.49. The molecule has 14 aromatic rings. The molecule has 12 aromatic carbocycles. The number of hydrogen-bond donors (Lipinski definition) is 0. The van der Waals surface area contributed by atoms with Crippen LogP contribution in [0.2, 0.25) is 0 Å². The number of hydrogen-bond acceptors (Lipinski definition) is 0. The van der Waals surface area contributed by atoms with E-state index in [-0.39, 0.29) is 0 Å². The molecule has 350 valence electrons. The van der Waals surface area contributed by atoms with Gasteiger partial charge in [0.1, 0.15) is 0 Å². The Balaban J connectivity index is 0.904. The van der Waals surface area contributed by atoms with Gasteiger partial charge in [-0.1, -0.05) is 231 Å². The van der Waals surface area contributed by atoms with Crippen LogP contribution in [0.15, 0.2) is 291 Å². The molecule has 75 heavy (non-hydrogen) atoms. The van der Waals surface area contributed by atoms with Gasteiger partial charge in [0.25, 0.3) is 0 Å². The van der Waals surface area contributed by atoms with Crippen molar-refractivity contribution in [1.82, 2.24) is 9.13 Å². The third-order valence-electron chi connectivity index (χ3n) is 16.0. The molecule has 2 heteroatoms. The van der Waals surface area contributed by atoms with E-state index in [9.17, 15) is 0 Å². The Morgan fingerprint density at radius 3 is 1.33 bits per heavy atom. The van der Waals surface area contributed by atoms with Gasteiger partial charge in [-0.15, -0.1) is 0 Å². The van der Waals surface area contributed by atoms with Crippen LogP contribution in [-0.2, 0) is 5.41 Å². The van der Waals surface area contributed by atoms with E-state index in [4.69, 9.17) is 0 Å². The van der Waals surface area contributed by atoms with E-state index in [0.29, 0.717) is 0 Å². The maximum Gasteiger partial charge on any atom is 0.0713 e. The largest absolute Gasteiger partial charge is 0.309 e. The van der Waals surface area contributed by atoms with E-state index in [1.54, 1.807) is 0 Å². The first-order valence-corrected chi connectivity index (χ1v) is 26.0. The van der Waals surface area contributed by atoms with Gasteiger partial charge in [0, 0.05) is 32.8 Å². The van der Waals surface area contributed by atoms with Gasteiger partial charge in [-0.3, -0.25) is 0 Å². The molecule has 0 N–H and O–H groups in total.